The summed E-state index contributed by atoms with van der Waals surface area (Å²) in [6.07, 6.45) is 5.16. The Balaban J connectivity index is 1.89. The van der Waals surface area contributed by atoms with Crippen molar-refractivity contribution in [3.63, 3.8) is 0 Å². The van der Waals surface area contributed by atoms with Gasteiger partial charge in [0, 0.05) is 12.6 Å². The number of nitrogens with one attached hydrogen (secondary N) is 1. The second kappa shape index (κ2) is 5.72. The summed E-state index contributed by atoms with van der Waals surface area (Å²) in [5.41, 5.74) is 0.496. The van der Waals surface area contributed by atoms with Gasteiger partial charge in [0.25, 0.3) is 0 Å². The molecule has 2 heteroatoms. The van der Waals surface area contributed by atoms with E-state index in [2.05, 4.69) is 26.1 Å². The van der Waals surface area contributed by atoms with E-state index < -0.39 is 0 Å². The van der Waals surface area contributed by atoms with E-state index in [-0.39, 0.29) is 0 Å². The summed E-state index contributed by atoms with van der Waals surface area (Å²) in [5.74, 6) is 0. The number of unbranched alkanes of at least 4 members (excludes halogenated alkanes) is 1. The fourth-order valence-corrected chi connectivity index (χ4v) is 1.78. The van der Waals surface area contributed by atoms with Gasteiger partial charge in [0.2, 0.25) is 0 Å². The minimum absolute atomic E-state index is 0.496. The highest BCUT2D eigenvalue weighted by molar-refractivity contribution is 4.71. The molecule has 84 valence electrons. The van der Waals surface area contributed by atoms with Gasteiger partial charge >= 0.3 is 0 Å². The van der Waals surface area contributed by atoms with Crippen molar-refractivity contribution in [2.45, 2.75) is 52.5 Å². The van der Waals surface area contributed by atoms with E-state index in [4.69, 9.17) is 4.74 Å². The molecule has 0 bridgehead atoms. The van der Waals surface area contributed by atoms with Gasteiger partial charge in [0.05, 0.1) is 6.61 Å². The minimum Gasteiger partial charge on any atom is -0.380 e. The molecule has 0 spiro atoms. The molecule has 1 aliphatic heterocycles. The van der Waals surface area contributed by atoms with Crippen molar-refractivity contribution in [3.8, 4) is 0 Å². The van der Waals surface area contributed by atoms with Gasteiger partial charge < -0.3 is 10.1 Å². The second-order valence-corrected chi connectivity index (χ2v) is 5.53. The van der Waals surface area contributed by atoms with Gasteiger partial charge in [-0.2, -0.15) is 0 Å². The molecule has 1 aliphatic rings. The van der Waals surface area contributed by atoms with Crippen LogP contribution >= 0.6 is 0 Å². The highest BCUT2D eigenvalue weighted by Crippen LogP contribution is 2.21. The Kier molecular flexibility index (Phi) is 4.90. The van der Waals surface area contributed by atoms with Crippen molar-refractivity contribution >= 4 is 0 Å². The molecule has 1 fully saturated rings. The van der Waals surface area contributed by atoms with Crippen LogP contribution in [0.3, 0.4) is 0 Å². The lowest BCUT2D eigenvalue weighted by Gasteiger charge is -2.18. The average Bonchev–Trinajstić information content (AvgIpc) is 2.54. The molecule has 14 heavy (non-hydrogen) atoms. The van der Waals surface area contributed by atoms with Gasteiger partial charge in [0.1, 0.15) is 0 Å². The van der Waals surface area contributed by atoms with E-state index in [9.17, 15) is 0 Å². The van der Waals surface area contributed by atoms with E-state index in [1.165, 1.54) is 25.7 Å². The quantitative estimate of drug-likeness (QED) is 0.687. The number of hydrogen-bond acceptors (Lipinski definition) is 2. The van der Waals surface area contributed by atoms with Crippen molar-refractivity contribution in [2.24, 2.45) is 5.41 Å². The maximum absolute atomic E-state index is 5.31. The summed E-state index contributed by atoms with van der Waals surface area (Å²) >= 11 is 0. The largest absolute Gasteiger partial charge is 0.380 e. The fourth-order valence-electron chi connectivity index (χ4n) is 1.78. The van der Waals surface area contributed by atoms with E-state index in [0.717, 1.165) is 19.8 Å². The average molecular weight is 199 g/mol. The Morgan fingerprint density at radius 2 is 2.07 bits per heavy atom. The second-order valence-electron chi connectivity index (χ2n) is 5.53. The van der Waals surface area contributed by atoms with Crippen LogP contribution in [0.5, 0.6) is 0 Å². The van der Waals surface area contributed by atoms with Gasteiger partial charge in [-0.15, -0.1) is 0 Å². The molecule has 0 radical (unpaired) electrons. The van der Waals surface area contributed by atoms with Crippen LogP contribution in [0.4, 0.5) is 0 Å². The van der Waals surface area contributed by atoms with Crippen molar-refractivity contribution in [1.29, 1.82) is 0 Å². The first kappa shape index (κ1) is 12.0. The molecule has 0 aromatic carbocycles. The first-order valence-electron chi connectivity index (χ1n) is 5.89. The molecule has 1 atom stereocenters. The van der Waals surface area contributed by atoms with Gasteiger partial charge in [0.15, 0.2) is 0 Å². The third kappa shape index (κ3) is 5.61. The number of ether oxygens (including phenoxy) is 1. The Bertz CT molecular complexity index is 145. The first-order valence-corrected chi connectivity index (χ1v) is 5.89. The monoisotopic (exact) mass is 199 g/mol. The van der Waals surface area contributed by atoms with Gasteiger partial charge in [-0.1, -0.05) is 27.2 Å². The predicted molar refractivity (Wildman–Crippen MR) is 60.5 cm³/mol. The van der Waals surface area contributed by atoms with Crippen molar-refractivity contribution in [2.75, 3.05) is 19.8 Å². The molecule has 0 aliphatic carbocycles. The summed E-state index contributed by atoms with van der Waals surface area (Å²) in [6, 6.07) is 0.629. The maximum atomic E-state index is 5.31. The Morgan fingerprint density at radius 1 is 1.29 bits per heavy atom. The zero-order valence-corrected chi connectivity index (χ0v) is 9.94. The first-order chi connectivity index (χ1) is 6.58. The highest BCUT2D eigenvalue weighted by Gasteiger charge is 2.14. The summed E-state index contributed by atoms with van der Waals surface area (Å²) in [4.78, 5) is 0. The number of rotatable bonds is 5. The predicted octanol–water partition coefficient (Wildman–Crippen LogP) is 2.58. The van der Waals surface area contributed by atoms with Crippen molar-refractivity contribution in [3.05, 3.63) is 0 Å². The summed E-state index contributed by atoms with van der Waals surface area (Å²) < 4.78 is 5.31. The van der Waals surface area contributed by atoms with Crippen LogP contribution in [-0.2, 0) is 4.74 Å². The van der Waals surface area contributed by atoms with Crippen LogP contribution in [-0.4, -0.2) is 25.8 Å². The smallest absolute Gasteiger partial charge is 0.0620 e. The maximum Gasteiger partial charge on any atom is 0.0620 e. The molecule has 1 heterocycles. The molecule has 0 aromatic rings. The van der Waals surface area contributed by atoms with Gasteiger partial charge in [-0.3, -0.25) is 0 Å². The lowest BCUT2D eigenvalue weighted by Crippen LogP contribution is -2.30. The fraction of sp³-hybridized carbons (Fsp3) is 1.00. The minimum atomic E-state index is 0.496. The Hall–Kier alpha value is -0.0800. The standard InChI is InChI=1S/C12H25NO/c1-12(2,3)7-4-5-8-13-11-6-9-14-10-11/h11,13H,4-10H2,1-3H3. The lowest BCUT2D eigenvalue weighted by atomic mass is 9.90. The zero-order chi connectivity index (χ0) is 10.4. The molecule has 0 saturated carbocycles. The van der Waals surface area contributed by atoms with Crippen LogP contribution in [0.1, 0.15) is 46.5 Å². The third-order valence-corrected chi connectivity index (χ3v) is 2.72. The Labute approximate surface area is 88.4 Å². The highest BCUT2D eigenvalue weighted by atomic mass is 16.5. The van der Waals surface area contributed by atoms with Crippen molar-refractivity contribution < 1.29 is 4.74 Å². The van der Waals surface area contributed by atoms with Gasteiger partial charge in [-0.05, 0) is 31.2 Å². The third-order valence-electron chi connectivity index (χ3n) is 2.72. The zero-order valence-electron chi connectivity index (χ0n) is 9.94. The van der Waals surface area contributed by atoms with Crippen molar-refractivity contribution in [1.82, 2.24) is 5.32 Å². The van der Waals surface area contributed by atoms with Crippen LogP contribution in [0, 0.1) is 5.41 Å². The van der Waals surface area contributed by atoms with E-state index in [1.54, 1.807) is 0 Å². The number of hydrogen-bond donors (Lipinski definition) is 1. The van der Waals surface area contributed by atoms with Crippen LogP contribution in [0.2, 0.25) is 0 Å². The summed E-state index contributed by atoms with van der Waals surface area (Å²) in [6.45, 7) is 9.95. The molecule has 0 aromatic heterocycles. The van der Waals surface area contributed by atoms with Gasteiger partial charge in [-0.25, -0.2) is 0 Å². The molecule has 1 unspecified atom stereocenters. The van der Waals surface area contributed by atoms with E-state index in [1.807, 2.05) is 0 Å². The summed E-state index contributed by atoms with van der Waals surface area (Å²) in [7, 11) is 0. The Morgan fingerprint density at radius 3 is 2.64 bits per heavy atom. The topological polar surface area (TPSA) is 21.3 Å². The molecular formula is C12H25NO. The van der Waals surface area contributed by atoms with Crippen LogP contribution in [0.15, 0.2) is 0 Å². The summed E-state index contributed by atoms with van der Waals surface area (Å²) in [5, 5.41) is 3.54. The molecule has 1 N–H and O–H groups in total. The normalized spacial score (nSPS) is 22.9. The SMILES string of the molecule is CC(C)(C)CCCCNC1CCOC1. The van der Waals surface area contributed by atoms with E-state index in [0.29, 0.717) is 11.5 Å². The lowest BCUT2D eigenvalue weighted by molar-refractivity contribution is 0.190. The molecule has 0 amide bonds. The molecule has 1 saturated heterocycles. The van der Waals surface area contributed by atoms with E-state index >= 15 is 0 Å². The molecule has 1 rings (SSSR count). The van der Waals surface area contributed by atoms with Crippen LogP contribution in [0.25, 0.3) is 0 Å². The van der Waals surface area contributed by atoms with Crippen LogP contribution < -0.4 is 5.32 Å². The molecule has 2 nitrogen and oxygen atoms in total. The molecular weight excluding hydrogens is 174 g/mol.